The number of benzene rings is 3. The number of carbonyl (C=O) groups excluding carboxylic acids is 2. The molecule has 11 atom stereocenters. The van der Waals surface area contributed by atoms with Gasteiger partial charge in [0.15, 0.2) is 41.0 Å². The molecule has 0 spiro atoms. The fourth-order valence-corrected chi connectivity index (χ4v) is 8.28. The van der Waals surface area contributed by atoms with E-state index in [1.807, 2.05) is 36.4 Å². The number of hydrogen-bond acceptors (Lipinski definition) is 19. The van der Waals surface area contributed by atoms with Gasteiger partial charge in [-0.3, -0.25) is 25.2 Å². The van der Waals surface area contributed by atoms with Crippen molar-refractivity contribution in [3.8, 4) is 0 Å². The minimum absolute atomic E-state index is 0.113. The van der Waals surface area contributed by atoms with Crippen molar-refractivity contribution in [3.63, 3.8) is 0 Å². The monoisotopic (exact) mass is 1010 g/mol. The smallest absolute Gasteiger partial charge is 0.280 e. The average molecular weight is 1010 g/mol. The molecule has 71 heavy (non-hydrogen) atoms. The van der Waals surface area contributed by atoms with E-state index >= 15 is 0 Å². The zero-order valence-electron chi connectivity index (χ0n) is 39.0. The fraction of sp³-hybridized carbons (Fsp3) is 0.479. The zero-order valence-corrected chi connectivity index (χ0v) is 39.8. The van der Waals surface area contributed by atoms with E-state index in [2.05, 4.69) is 25.9 Å². The molecule has 2 saturated heterocycles. The number of primary amides is 1. The first-order valence-electron chi connectivity index (χ1n) is 23.4. The number of halogens is 1. The van der Waals surface area contributed by atoms with E-state index in [0.717, 1.165) is 24.0 Å². The molecule has 22 nitrogen and oxygen atoms in total. The Balaban J connectivity index is 0.995. The summed E-state index contributed by atoms with van der Waals surface area (Å²) in [4.78, 5) is 34.3. The average Bonchev–Trinajstić information content (AvgIpc) is 3.36. The molecule has 2 fully saturated rings. The van der Waals surface area contributed by atoms with Gasteiger partial charge in [0.05, 0.1) is 31.5 Å². The Morgan fingerprint density at radius 2 is 1.28 bits per heavy atom. The highest BCUT2D eigenvalue weighted by molar-refractivity contribution is 6.31. The van der Waals surface area contributed by atoms with E-state index < -0.39 is 79.3 Å². The third kappa shape index (κ3) is 16.0. The van der Waals surface area contributed by atoms with Crippen LogP contribution in [0.5, 0.6) is 0 Å². The number of aliphatic hydroxyl groups excluding tert-OH is 6. The van der Waals surface area contributed by atoms with Gasteiger partial charge in [0.25, 0.3) is 5.91 Å². The van der Waals surface area contributed by atoms with Crippen LogP contribution in [0.1, 0.15) is 64.6 Å². The maximum Gasteiger partial charge on any atom is 0.280 e. The third-order valence-corrected chi connectivity index (χ3v) is 12.3. The number of nitrogens with zero attached hydrogens (tertiary/aromatic N) is 3. The number of aromatic nitrogens is 2. The molecule has 1 aromatic heterocycles. The summed E-state index contributed by atoms with van der Waals surface area (Å²) in [5, 5.41) is 83.4. The molecule has 3 aromatic carbocycles. The second kappa shape index (κ2) is 26.8. The molecule has 3 heterocycles. The van der Waals surface area contributed by atoms with Gasteiger partial charge in [-0.15, -0.1) is 0 Å². The number of guanidine groups is 1. The second-order valence-corrected chi connectivity index (χ2v) is 17.9. The summed E-state index contributed by atoms with van der Waals surface area (Å²) in [6, 6.07) is 24.9. The van der Waals surface area contributed by atoms with Gasteiger partial charge in [-0.2, -0.15) is 0 Å². The SMILES string of the molecule is N=C(NCCCCc1ccc(C[C@H](NCCCN(C[C@H](O)[C@@H](O)[C@@H]2OC(c3ccccc3)OC[C@H]2O)C[C@H](O)[C@@H](O)[C@@H]2OC(c3ccccc3)OC[C@H]2O)C(N)=O)cc1)NC(=O)c1nc(Cl)c(N)nc1N. The topological polar surface area (TPSA) is 359 Å². The number of nitrogen functional groups attached to an aromatic ring is 2. The Morgan fingerprint density at radius 3 is 1.82 bits per heavy atom. The van der Waals surface area contributed by atoms with E-state index in [-0.39, 0.29) is 67.8 Å². The van der Waals surface area contributed by atoms with Crippen LogP contribution < -0.4 is 33.2 Å². The molecule has 0 saturated carbocycles. The van der Waals surface area contributed by atoms with Gasteiger partial charge in [-0.1, -0.05) is 96.5 Å². The number of nitrogens with one attached hydrogen (secondary N) is 4. The van der Waals surface area contributed by atoms with Crippen molar-refractivity contribution in [2.24, 2.45) is 5.73 Å². The molecule has 386 valence electrons. The van der Waals surface area contributed by atoms with Crippen LogP contribution in [0.15, 0.2) is 84.9 Å². The Kier molecular flexibility index (Phi) is 20.8. The van der Waals surface area contributed by atoms with Crippen molar-refractivity contribution in [2.45, 2.75) is 99.6 Å². The third-order valence-electron chi connectivity index (χ3n) is 12.1. The van der Waals surface area contributed by atoms with Crippen LogP contribution in [0.3, 0.4) is 0 Å². The minimum Gasteiger partial charge on any atom is -0.389 e. The maximum atomic E-state index is 12.6. The maximum absolute atomic E-state index is 12.6. The molecule has 0 radical (unpaired) electrons. The van der Waals surface area contributed by atoms with E-state index in [1.165, 1.54) is 0 Å². The predicted molar refractivity (Wildman–Crippen MR) is 260 cm³/mol. The predicted octanol–water partition coefficient (Wildman–Crippen LogP) is -0.357. The number of aryl methyl sites for hydroxylation is 1. The highest BCUT2D eigenvalue weighted by Crippen LogP contribution is 2.31. The van der Waals surface area contributed by atoms with Crippen molar-refractivity contribution >= 4 is 41.0 Å². The van der Waals surface area contributed by atoms with Gasteiger partial charge in [-0.05, 0) is 56.3 Å². The standard InChI is InChI=1S/C48H65ClN10O12/c49-41-43(51)57-42(50)36(56-41)45(67)58-48(53)55-19-8-7-10-27-15-17-28(18-16-27)22-31(44(52)66)54-20-9-21-59(23-32(60)37(64)39-34(62)25-68-46(70-39)29-11-3-1-4-12-29)24-33(61)38(65)40-35(63)26-69-47(71-40)30-13-5-2-6-14-30/h1-6,11-18,31-35,37-40,46-47,54,60-65H,7-10,19-26H2,(H2,52,66)(H4,50,51,57)(H3,53,55,58,67)/t31-,32-,33-,34+,35+,37+,38+,39+,40+,46?,47?/m0/s1. The molecule has 2 aliphatic rings. The van der Waals surface area contributed by atoms with Gasteiger partial charge in [0.1, 0.15) is 36.6 Å². The van der Waals surface area contributed by atoms with Gasteiger partial charge >= 0.3 is 0 Å². The molecule has 0 aliphatic carbocycles. The Hall–Kier alpha value is -5.44. The lowest BCUT2D eigenvalue weighted by molar-refractivity contribution is -0.285. The summed E-state index contributed by atoms with van der Waals surface area (Å²) in [6.45, 7) is 0.0610. The van der Waals surface area contributed by atoms with Crippen molar-refractivity contribution < 1.29 is 59.2 Å². The molecule has 23 heteroatoms. The fourth-order valence-electron chi connectivity index (χ4n) is 8.16. The quantitative estimate of drug-likeness (QED) is 0.0242. The number of unbranched alkanes of at least 4 members (excludes halogenated alkanes) is 1. The zero-order chi connectivity index (χ0) is 51.0. The molecule has 0 bridgehead atoms. The molecule has 2 unspecified atom stereocenters. The number of nitrogens with two attached hydrogens (primary N) is 3. The van der Waals surface area contributed by atoms with Gasteiger partial charge in [0, 0.05) is 30.8 Å². The lowest BCUT2D eigenvalue weighted by Crippen LogP contribution is -2.56. The minimum atomic E-state index is -1.60. The van der Waals surface area contributed by atoms with Crippen LogP contribution in [-0.2, 0) is 36.6 Å². The van der Waals surface area contributed by atoms with E-state index in [0.29, 0.717) is 36.9 Å². The summed E-state index contributed by atoms with van der Waals surface area (Å²) in [7, 11) is 0. The largest absolute Gasteiger partial charge is 0.389 e. The van der Waals surface area contributed by atoms with Gasteiger partial charge < -0.3 is 77.4 Å². The number of hydrogen-bond donors (Lipinski definition) is 13. The first-order chi connectivity index (χ1) is 34.1. The second-order valence-electron chi connectivity index (χ2n) is 17.5. The van der Waals surface area contributed by atoms with Crippen LogP contribution in [0, 0.1) is 5.41 Å². The Bertz CT molecular complexity index is 2240. The van der Waals surface area contributed by atoms with E-state index in [1.54, 1.807) is 53.4 Å². The van der Waals surface area contributed by atoms with Crippen LogP contribution in [0.25, 0.3) is 0 Å². The number of rotatable bonds is 24. The summed E-state index contributed by atoms with van der Waals surface area (Å²) in [5.41, 5.74) is 20.1. The van der Waals surface area contributed by atoms with E-state index in [4.69, 9.17) is 53.2 Å². The summed E-state index contributed by atoms with van der Waals surface area (Å²) >= 11 is 5.84. The van der Waals surface area contributed by atoms with Gasteiger partial charge in [0.2, 0.25) is 5.91 Å². The molecule has 2 amide bonds. The molecule has 4 aromatic rings. The first-order valence-corrected chi connectivity index (χ1v) is 23.7. The highest BCUT2D eigenvalue weighted by Gasteiger charge is 2.42. The Labute approximate surface area is 415 Å². The Morgan fingerprint density at radius 1 is 0.746 bits per heavy atom. The highest BCUT2D eigenvalue weighted by atomic mass is 35.5. The summed E-state index contributed by atoms with van der Waals surface area (Å²) < 4.78 is 23.2. The molecule has 2 aliphatic heterocycles. The lowest BCUT2D eigenvalue weighted by atomic mass is 9.99. The van der Waals surface area contributed by atoms with Crippen LogP contribution in [0.4, 0.5) is 11.6 Å². The number of amides is 2. The normalized spacial score (nSPS) is 22.5. The summed E-state index contributed by atoms with van der Waals surface area (Å²) in [5.74, 6) is -1.90. The van der Waals surface area contributed by atoms with Crippen molar-refractivity contribution in [1.82, 2.24) is 30.8 Å². The number of anilines is 2. The molecule has 6 rings (SSSR count). The number of aliphatic hydroxyl groups is 6. The number of carbonyl (C=O) groups is 2. The molecular weight excluding hydrogens is 944 g/mol. The van der Waals surface area contributed by atoms with Crippen LogP contribution in [-0.4, -0.2) is 164 Å². The van der Waals surface area contributed by atoms with Crippen LogP contribution >= 0.6 is 11.6 Å². The van der Waals surface area contributed by atoms with E-state index in [9.17, 15) is 40.2 Å². The lowest BCUT2D eigenvalue weighted by Gasteiger charge is -2.40. The van der Waals surface area contributed by atoms with Crippen LogP contribution in [0.2, 0.25) is 5.15 Å². The molecular formula is C48H65ClN10O12. The van der Waals surface area contributed by atoms with Gasteiger partial charge in [-0.25, -0.2) is 9.97 Å². The molecule has 16 N–H and O–H groups in total. The number of ether oxygens (including phenoxy) is 4. The van der Waals surface area contributed by atoms with Crippen molar-refractivity contribution in [2.75, 3.05) is 57.4 Å². The van der Waals surface area contributed by atoms with Crippen molar-refractivity contribution in [3.05, 3.63) is 118 Å². The van der Waals surface area contributed by atoms with Crippen molar-refractivity contribution in [1.29, 1.82) is 5.41 Å². The summed E-state index contributed by atoms with van der Waals surface area (Å²) in [6.07, 6.45) is -10.2. The first kappa shape index (κ1) is 54.9.